The van der Waals surface area contributed by atoms with Crippen LogP contribution in [0.2, 0.25) is 0 Å². The van der Waals surface area contributed by atoms with Gasteiger partial charge < -0.3 is 15.4 Å². The average Bonchev–Trinajstić information content (AvgIpc) is 3.60. The van der Waals surface area contributed by atoms with Crippen molar-refractivity contribution < 1.29 is 22.9 Å². The van der Waals surface area contributed by atoms with Crippen LogP contribution in [0.1, 0.15) is 55.3 Å². The topological polar surface area (TPSA) is 97.4 Å². The molecule has 2 N–H and O–H groups in total. The molecule has 0 aliphatic heterocycles. The Labute approximate surface area is 195 Å². The minimum Gasteiger partial charge on any atom is -0.438 e. The predicted molar refractivity (Wildman–Crippen MR) is 122 cm³/mol. The zero-order chi connectivity index (χ0) is 23.4. The van der Waals surface area contributed by atoms with Gasteiger partial charge in [-0.2, -0.15) is 0 Å². The van der Waals surface area contributed by atoms with E-state index in [1.54, 1.807) is 30.5 Å². The second kappa shape index (κ2) is 10.4. The van der Waals surface area contributed by atoms with Gasteiger partial charge >= 0.3 is 0 Å². The van der Waals surface area contributed by atoms with Gasteiger partial charge in [0.05, 0.1) is 6.20 Å². The minimum atomic E-state index is -1.19. The molecule has 1 atom stereocenters. The van der Waals surface area contributed by atoms with Gasteiger partial charge in [0.15, 0.2) is 0 Å². The molecule has 2 fully saturated rings. The summed E-state index contributed by atoms with van der Waals surface area (Å²) >= 11 is 0. The number of rotatable bonds is 8. The number of aromatic nitrogens is 1. The monoisotopic (exact) mass is 473 g/mol. The van der Waals surface area contributed by atoms with E-state index in [1.165, 1.54) is 0 Å². The van der Waals surface area contributed by atoms with E-state index in [0.717, 1.165) is 50.8 Å². The number of pyridine rings is 1. The summed E-state index contributed by atoms with van der Waals surface area (Å²) in [5.41, 5.74) is -0.00196. The summed E-state index contributed by atoms with van der Waals surface area (Å²) in [6.07, 6.45) is 8.48. The molecule has 1 aromatic heterocycles. The van der Waals surface area contributed by atoms with E-state index >= 15 is 0 Å². The van der Waals surface area contributed by atoms with Gasteiger partial charge in [0, 0.05) is 40.5 Å². The summed E-state index contributed by atoms with van der Waals surface area (Å²) in [6.45, 7) is 0. The Morgan fingerprint density at radius 2 is 1.79 bits per heavy atom. The Balaban J connectivity index is 1.36. The lowest BCUT2D eigenvalue weighted by atomic mass is 9.91. The van der Waals surface area contributed by atoms with Crippen molar-refractivity contribution in [3.63, 3.8) is 0 Å². The third-order valence-corrected chi connectivity index (χ3v) is 6.93. The molecule has 4 rings (SSSR count). The molecule has 176 valence electrons. The van der Waals surface area contributed by atoms with Gasteiger partial charge in [-0.25, -0.2) is 9.37 Å². The molecule has 2 aliphatic rings. The lowest BCUT2D eigenvalue weighted by Gasteiger charge is -2.29. The van der Waals surface area contributed by atoms with Gasteiger partial charge in [-0.05, 0) is 68.7 Å². The van der Waals surface area contributed by atoms with Crippen LogP contribution in [0.5, 0.6) is 11.6 Å². The first kappa shape index (κ1) is 23.4. The van der Waals surface area contributed by atoms with Crippen molar-refractivity contribution in [2.24, 2.45) is 5.92 Å². The fraction of sp³-hybridized carbons (Fsp3) is 0.458. The molecule has 9 heteroatoms. The fourth-order valence-electron chi connectivity index (χ4n) is 4.01. The van der Waals surface area contributed by atoms with Crippen LogP contribution < -0.4 is 15.4 Å². The molecular weight excluding hydrogens is 445 g/mol. The van der Waals surface area contributed by atoms with Crippen molar-refractivity contribution in [3.05, 3.63) is 47.9 Å². The van der Waals surface area contributed by atoms with E-state index in [1.807, 2.05) is 0 Å². The Morgan fingerprint density at radius 1 is 1.09 bits per heavy atom. The maximum Gasteiger partial charge on any atom is 0.257 e. The van der Waals surface area contributed by atoms with Crippen molar-refractivity contribution >= 4 is 22.6 Å². The van der Waals surface area contributed by atoms with E-state index in [-0.39, 0.29) is 29.4 Å². The maximum atomic E-state index is 13.9. The summed E-state index contributed by atoms with van der Waals surface area (Å²) in [5.74, 6) is -0.0872. The lowest BCUT2D eigenvalue weighted by Crippen LogP contribution is -2.44. The molecule has 2 saturated carbocycles. The second-order valence-corrected chi connectivity index (χ2v) is 10.2. The quantitative estimate of drug-likeness (QED) is 0.609. The Bertz CT molecular complexity index is 1050. The number of benzene rings is 1. The van der Waals surface area contributed by atoms with Crippen LogP contribution in [0.4, 0.5) is 4.39 Å². The SMILES string of the molecule is CS(=O)c1cccc(Oc2ncc(F)cc2C(=O)NC2CCC(NC(=O)CC3CC3)CC2)c1. The highest BCUT2D eigenvalue weighted by atomic mass is 32.2. The molecule has 0 spiro atoms. The third kappa shape index (κ3) is 6.60. The number of ether oxygens (including phenoxy) is 1. The van der Waals surface area contributed by atoms with Crippen LogP contribution in [0.15, 0.2) is 41.4 Å². The molecule has 2 amide bonds. The van der Waals surface area contributed by atoms with Crippen LogP contribution in [0, 0.1) is 11.7 Å². The number of carbonyl (C=O) groups excluding carboxylic acids is 2. The molecule has 33 heavy (non-hydrogen) atoms. The third-order valence-electron chi connectivity index (χ3n) is 6.01. The maximum absolute atomic E-state index is 13.9. The molecule has 1 heterocycles. The molecule has 2 aliphatic carbocycles. The first-order valence-electron chi connectivity index (χ1n) is 11.2. The second-order valence-electron chi connectivity index (χ2n) is 8.77. The molecule has 0 bridgehead atoms. The molecule has 7 nitrogen and oxygen atoms in total. The van der Waals surface area contributed by atoms with Gasteiger partial charge in [-0.1, -0.05) is 6.07 Å². The molecule has 2 aromatic rings. The lowest BCUT2D eigenvalue weighted by molar-refractivity contribution is -0.122. The van der Waals surface area contributed by atoms with E-state index in [4.69, 9.17) is 4.74 Å². The zero-order valence-corrected chi connectivity index (χ0v) is 19.3. The molecule has 0 radical (unpaired) electrons. The molecule has 1 aromatic carbocycles. The van der Waals surface area contributed by atoms with Gasteiger partial charge in [-0.3, -0.25) is 13.8 Å². The smallest absolute Gasteiger partial charge is 0.257 e. The van der Waals surface area contributed by atoms with E-state index < -0.39 is 22.5 Å². The van der Waals surface area contributed by atoms with Gasteiger partial charge in [-0.15, -0.1) is 0 Å². The van der Waals surface area contributed by atoms with E-state index in [2.05, 4.69) is 15.6 Å². The van der Waals surface area contributed by atoms with Crippen LogP contribution in [-0.4, -0.2) is 39.3 Å². The summed E-state index contributed by atoms with van der Waals surface area (Å²) in [6, 6.07) is 7.81. The highest BCUT2D eigenvalue weighted by molar-refractivity contribution is 7.84. The number of carbonyl (C=O) groups is 2. The Morgan fingerprint density at radius 3 is 2.45 bits per heavy atom. The van der Waals surface area contributed by atoms with E-state index in [0.29, 0.717) is 23.0 Å². The predicted octanol–water partition coefficient (Wildman–Crippen LogP) is 3.71. The van der Waals surface area contributed by atoms with Gasteiger partial charge in [0.2, 0.25) is 11.8 Å². The number of nitrogens with one attached hydrogen (secondary N) is 2. The molecule has 1 unspecified atom stereocenters. The first-order chi connectivity index (χ1) is 15.9. The summed E-state index contributed by atoms with van der Waals surface area (Å²) in [4.78, 5) is 29.5. The zero-order valence-electron chi connectivity index (χ0n) is 18.5. The van der Waals surface area contributed by atoms with Crippen molar-refractivity contribution in [1.29, 1.82) is 0 Å². The average molecular weight is 474 g/mol. The van der Waals surface area contributed by atoms with Crippen molar-refractivity contribution in [2.45, 2.75) is 61.9 Å². The van der Waals surface area contributed by atoms with Gasteiger partial charge in [0.1, 0.15) is 17.1 Å². The Hall–Kier alpha value is -2.81. The number of hydrogen-bond acceptors (Lipinski definition) is 5. The number of amides is 2. The van der Waals surface area contributed by atoms with Crippen LogP contribution >= 0.6 is 0 Å². The highest BCUT2D eigenvalue weighted by Crippen LogP contribution is 2.32. The largest absolute Gasteiger partial charge is 0.438 e. The number of hydrogen-bond donors (Lipinski definition) is 2. The van der Waals surface area contributed by atoms with Crippen LogP contribution in [-0.2, 0) is 15.6 Å². The first-order valence-corrected chi connectivity index (χ1v) is 12.8. The highest BCUT2D eigenvalue weighted by Gasteiger charge is 2.28. The van der Waals surface area contributed by atoms with Gasteiger partial charge in [0.25, 0.3) is 5.91 Å². The van der Waals surface area contributed by atoms with Crippen molar-refractivity contribution in [3.8, 4) is 11.6 Å². The molecule has 0 saturated heterocycles. The normalized spacial score (nSPS) is 21.2. The van der Waals surface area contributed by atoms with Crippen molar-refractivity contribution in [2.75, 3.05) is 6.26 Å². The fourth-order valence-corrected chi connectivity index (χ4v) is 4.57. The number of nitrogens with zero attached hydrogens (tertiary/aromatic N) is 1. The van der Waals surface area contributed by atoms with Crippen LogP contribution in [0.25, 0.3) is 0 Å². The van der Waals surface area contributed by atoms with Crippen LogP contribution in [0.3, 0.4) is 0 Å². The summed E-state index contributed by atoms with van der Waals surface area (Å²) in [5, 5.41) is 6.05. The Kier molecular flexibility index (Phi) is 7.37. The minimum absolute atomic E-state index is 0.00196. The standard InChI is InChI=1S/C24H28FN3O4S/c1-33(31)20-4-2-3-19(13-20)32-24-21(12-16(25)14-26-24)23(30)28-18-9-7-17(8-10-18)27-22(29)11-15-5-6-15/h2-4,12-15,17-18H,5-11H2,1H3,(H,27,29)(H,28,30). The van der Waals surface area contributed by atoms with Crippen molar-refractivity contribution in [1.82, 2.24) is 15.6 Å². The van der Waals surface area contributed by atoms with E-state index in [9.17, 15) is 18.2 Å². The summed E-state index contributed by atoms with van der Waals surface area (Å²) < 4.78 is 31.4. The molecular formula is C24H28FN3O4S. The number of halogens is 1. The summed E-state index contributed by atoms with van der Waals surface area (Å²) in [7, 11) is -1.19.